The zero-order valence-corrected chi connectivity index (χ0v) is 10.8. The van der Waals surface area contributed by atoms with Crippen LogP contribution < -0.4 is 0 Å². The van der Waals surface area contributed by atoms with Crippen LogP contribution in [0.4, 0.5) is 0 Å². The molecule has 0 unspecified atom stereocenters. The second kappa shape index (κ2) is 5.09. The fraction of sp³-hybridized carbons (Fsp3) is 0.0833. The third-order valence-electron chi connectivity index (χ3n) is 1.93. The van der Waals surface area contributed by atoms with Gasteiger partial charge in [-0.05, 0) is 30.7 Å². The summed E-state index contributed by atoms with van der Waals surface area (Å²) in [7, 11) is 0. The molecule has 0 atom stereocenters. The molecule has 0 saturated carbocycles. The molecule has 1 nitrogen and oxygen atoms in total. The first kappa shape index (κ1) is 11.8. The second-order valence-electron chi connectivity index (χ2n) is 3.25. The second-order valence-corrected chi connectivity index (χ2v) is 5.07. The molecule has 0 aliphatic rings. The van der Waals surface area contributed by atoms with Gasteiger partial charge in [-0.2, -0.15) is 0 Å². The van der Waals surface area contributed by atoms with Crippen LogP contribution in [0, 0.1) is 13.0 Å². The zero-order valence-electron chi connectivity index (χ0n) is 8.50. The summed E-state index contributed by atoms with van der Waals surface area (Å²) in [5, 5.41) is 1.90. The molecule has 0 spiro atoms. The van der Waals surface area contributed by atoms with Gasteiger partial charge in [-0.3, -0.25) is 0 Å². The van der Waals surface area contributed by atoms with E-state index in [1.165, 1.54) is 11.8 Å². The van der Waals surface area contributed by atoms with Gasteiger partial charge >= 0.3 is 0 Å². The largest absolute Gasteiger partial charge is 0.249 e. The number of halogens is 2. The summed E-state index contributed by atoms with van der Waals surface area (Å²) in [5.41, 5.74) is 1.08. The van der Waals surface area contributed by atoms with Crippen molar-refractivity contribution < 1.29 is 0 Å². The summed E-state index contributed by atoms with van der Waals surface area (Å²) in [6.07, 6.45) is 1.80. The Labute approximate surface area is 109 Å². The van der Waals surface area contributed by atoms with Crippen LogP contribution in [0.5, 0.6) is 0 Å². The molecule has 2 rings (SSSR count). The van der Waals surface area contributed by atoms with Crippen molar-refractivity contribution in [2.24, 2.45) is 0 Å². The van der Waals surface area contributed by atoms with Crippen molar-refractivity contribution >= 4 is 35.0 Å². The van der Waals surface area contributed by atoms with Crippen LogP contribution in [0.2, 0.25) is 10.0 Å². The molecule has 0 N–H and O–H groups in total. The number of hydrogen-bond acceptors (Lipinski definition) is 2. The number of rotatable bonds is 2. The zero-order chi connectivity index (χ0) is 11.5. The molecule has 4 heteroatoms. The van der Waals surface area contributed by atoms with Crippen LogP contribution in [-0.2, 0) is 0 Å². The van der Waals surface area contributed by atoms with Gasteiger partial charge in [-0.1, -0.05) is 41.0 Å². The lowest BCUT2D eigenvalue weighted by molar-refractivity contribution is 1.10. The quantitative estimate of drug-likeness (QED) is 0.787. The van der Waals surface area contributed by atoms with Gasteiger partial charge in [0.15, 0.2) is 0 Å². The molecule has 1 radical (unpaired) electrons. The van der Waals surface area contributed by atoms with E-state index in [2.05, 4.69) is 11.1 Å². The lowest BCUT2D eigenvalue weighted by atomic mass is 10.3. The first-order chi connectivity index (χ1) is 7.66. The van der Waals surface area contributed by atoms with E-state index in [1.807, 2.05) is 25.1 Å². The highest BCUT2D eigenvalue weighted by Crippen LogP contribution is 2.35. The van der Waals surface area contributed by atoms with Crippen molar-refractivity contribution in [3.8, 4) is 0 Å². The Hall–Kier alpha value is -0.700. The monoisotopic (exact) mass is 268 g/mol. The van der Waals surface area contributed by atoms with Crippen molar-refractivity contribution in [1.82, 2.24) is 4.98 Å². The average Bonchev–Trinajstić information content (AvgIpc) is 2.28. The SMILES string of the molecule is Cc1c[c]c(Sc2cccc(Cl)c2Cl)nc1. The Kier molecular flexibility index (Phi) is 3.74. The van der Waals surface area contributed by atoms with E-state index in [0.29, 0.717) is 10.0 Å². The normalized spacial score (nSPS) is 10.4. The van der Waals surface area contributed by atoms with E-state index in [4.69, 9.17) is 23.2 Å². The molecule has 2 aromatic rings. The van der Waals surface area contributed by atoms with Gasteiger partial charge < -0.3 is 0 Å². The van der Waals surface area contributed by atoms with E-state index < -0.39 is 0 Å². The Morgan fingerprint density at radius 2 is 2.12 bits per heavy atom. The van der Waals surface area contributed by atoms with E-state index >= 15 is 0 Å². The van der Waals surface area contributed by atoms with E-state index in [1.54, 1.807) is 12.3 Å². The molecule has 0 aliphatic carbocycles. The standard InChI is InChI=1S/C12H8Cl2NS/c1-8-5-6-11(15-7-8)16-10-4-2-3-9(13)12(10)14/h2-5,7H,1H3. The van der Waals surface area contributed by atoms with Gasteiger partial charge in [-0.15, -0.1) is 0 Å². The predicted octanol–water partition coefficient (Wildman–Crippen LogP) is 4.65. The van der Waals surface area contributed by atoms with E-state index in [-0.39, 0.29) is 0 Å². The molecule has 0 saturated heterocycles. The maximum Gasteiger partial charge on any atom is 0.109 e. The van der Waals surface area contributed by atoms with Gasteiger partial charge in [0.25, 0.3) is 0 Å². The number of nitrogens with zero attached hydrogens (tertiary/aromatic N) is 1. The minimum Gasteiger partial charge on any atom is -0.249 e. The summed E-state index contributed by atoms with van der Waals surface area (Å²) in [6.45, 7) is 1.98. The smallest absolute Gasteiger partial charge is 0.109 e. The van der Waals surface area contributed by atoms with Gasteiger partial charge in [-0.25, -0.2) is 4.98 Å². The summed E-state index contributed by atoms with van der Waals surface area (Å²) in [4.78, 5) is 5.14. The van der Waals surface area contributed by atoms with Crippen molar-refractivity contribution in [3.05, 3.63) is 52.1 Å². The van der Waals surface area contributed by atoms with Crippen LogP contribution in [0.3, 0.4) is 0 Å². The molecule has 0 amide bonds. The molecule has 81 valence electrons. The summed E-state index contributed by atoms with van der Waals surface area (Å²) < 4.78 is 0. The Bertz CT molecular complexity index is 497. The number of hydrogen-bond donors (Lipinski definition) is 0. The lowest BCUT2D eigenvalue weighted by Gasteiger charge is -2.04. The first-order valence-electron chi connectivity index (χ1n) is 4.63. The van der Waals surface area contributed by atoms with Gasteiger partial charge in [0.05, 0.1) is 10.0 Å². The summed E-state index contributed by atoms with van der Waals surface area (Å²) in [5.74, 6) is 0. The van der Waals surface area contributed by atoms with Crippen LogP contribution in [-0.4, -0.2) is 4.98 Å². The third kappa shape index (κ3) is 2.70. The Morgan fingerprint density at radius 1 is 1.31 bits per heavy atom. The molecule has 1 heterocycles. The van der Waals surface area contributed by atoms with Crippen molar-refractivity contribution in [3.63, 3.8) is 0 Å². The lowest BCUT2D eigenvalue weighted by Crippen LogP contribution is -1.82. The summed E-state index contributed by atoms with van der Waals surface area (Å²) in [6, 6.07) is 10.5. The van der Waals surface area contributed by atoms with Crippen molar-refractivity contribution in [1.29, 1.82) is 0 Å². The highest BCUT2D eigenvalue weighted by Gasteiger charge is 2.06. The molecule has 1 aromatic carbocycles. The number of aryl methyl sites for hydroxylation is 1. The molecule has 0 fully saturated rings. The maximum absolute atomic E-state index is 6.08. The molecular formula is C12H8Cl2NS. The fourth-order valence-corrected chi connectivity index (χ4v) is 2.38. The molecule has 0 bridgehead atoms. The third-order valence-corrected chi connectivity index (χ3v) is 3.84. The van der Waals surface area contributed by atoms with Crippen LogP contribution in [0.15, 0.2) is 40.4 Å². The van der Waals surface area contributed by atoms with Crippen LogP contribution >= 0.6 is 35.0 Å². The average molecular weight is 269 g/mol. The number of aromatic nitrogens is 1. The topological polar surface area (TPSA) is 12.9 Å². The first-order valence-corrected chi connectivity index (χ1v) is 6.20. The van der Waals surface area contributed by atoms with E-state index in [9.17, 15) is 0 Å². The number of pyridine rings is 1. The van der Waals surface area contributed by atoms with Gasteiger partial charge in [0.2, 0.25) is 0 Å². The number of benzene rings is 1. The van der Waals surface area contributed by atoms with Crippen LogP contribution in [0.25, 0.3) is 0 Å². The molecule has 0 aliphatic heterocycles. The molecule has 1 aromatic heterocycles. The van der Waals surface area contributed by atoms with Gasteiger partial charge in [0.1, 0.15) is 5.03 Å². The van der Waals surface area contributed by atoms with Crippen molar-refractivity contribution in [2.45, 2.75) is 16.8 Å². The Balaban J connectivity index is 2.27. The summed E-state index contributed by atoms with van der Waals surface area (Å²) >= 11 is 13.5. The molecular weight excluding hydrogens is 261 g/mol. The highest BCUT2D eigenvalue weighted by molar-refractivity contribution is 7.99. The minimum atomic E-state index is 0.554. The minimum absolute atomic E-state index is 0.554. The van der Waals surface area contributed by atoms with Gasteiger partial charge in [0, 0.05) is 17.2 Å². The molecule has 16 heavy (non-hydrogen) atoms. The predicted molar refractivity (Wildman–Crippen MR) is 68.4 cm³/mol. The maximum atomic E-state index is 6.08. The van der Waals surface area contributed by atoms with Crippen molar-refractivity contribution in [2.75, 3.05) is 0 Å². The van der Waals surface area contributed by atoms with E-state index in [0.717, 1.165) is 15.5 Å². The highest BCUT2D eigenvalue weighted by atomic mass is 35.5. The Morgan fingerprint density at radius 3 is 2.81 bits per heavy atom. The fourth-order valence-electron chi connectivity index (χ4n) is 1.13. The van der Waals surface area contributed by atoms with Crippen LogP contribution in [0.1, 0.15) is 5.56 Å².